The standard InChI is InChI=1S/C19H24N2O4S/c1-13(25-16-10-8-14(9-11-16)19(2,3)4)18(22)21-15-6-5-7-17(12-15)26(20,23)24/h5-13H,1-4H3,(H,21,22)(H2,20,23,24)/t13-/m1/s1. The van der Waals surface area contributed by atoms with Crippen LogP contribution in [0.1, 0.15) is 33.3 Å². The molecule has 0 saturated heterocycles. The molecule has 0 aromatic heterocycles. The van der Waals surface area contributed by atoms with E-state index in [9.17, 15) is 13.2 Å². The monoisotopic (exact) mass is 376 g/mol. The van der Waals surface area contributed by atoms with E-state index in [1.165, 1.54) is 23.8 Å². The average Bonchev–Trinajstić information content (AvgIpc) is 2.54. The summed E-state index contributed by atoms with van der Waals surface area (Å²) < 4.78 is 28.4. The molecule has 0 unspecified atom stereocenters. The minimum absolute atomic E-state index is 0.0376. The predicted octanol–water partition coefficient (Wildman–Crippen LogP) is 3.04. The van der Waals surface area contributed by atoms with Crippen LogP contribution < -0.4 is 15.2 Å². The number of carbonyl (C=O) groups excluding carboxylic acids is 1. The van der Waals surface area contributed by atoms with Crippen LogP contribution in [0, 0.1) is 0 Å². The van der Waals surface area contributed by atoms with Crippen LogP contribution in [0.15, 0.2) is 53.4 Å². The van der Waals surface area contributed by atoms with E-state index in [1.54, 1.807) is 13.0 Å². The summed E-state index contributed by atoms with van der Waals surface area (Å²) in [6, 6.07) is 13.3. The third-order valence-corrected chi connectivity index (χ3v) is 4.74. The maximum absolute atomic E-state index is 12.3. The van der Waals surface area contributed by atoms with Crippen LogP contribution in [-0.4, -0.2) is 20.4 Å². The Morgan fingerprint density at radius 3 is 2.27 bits per heavy atom. The van der Waals surface area contributed by atoms with Gasteiger partial charge < -0.3 is 10.1 Å². The van der Waals surface area contributed by atoms with Crippen molar-refractivity contribution in [3.8, 4) is 5.75 Å². The van der Waals surface area contributed by atoms with E-state index < -0.39 is 22.0 Å². The molecule has 2 aromatic rings. The molecule has 0 spiro atoms. The number of sulfonamides is 1. The molecule has 26 heavy (non-hydrogen) atoms. The third-order valence-electron chi connectivity index (χ3n) is 3.83. The Morgan fingerprint density at radius 2 is 1.73 bits per heavy atom. The Hall–Kier alpha value is -2.38. The Bertz CT molecular complexity index is 885. The summed E-state index contributed by atoms with van der Waals surface area (Å²) in [4.78, 5) is 12.2. The molecule has 0 radical (unpaired) electrons. The van der Waals surface area contributed by atoms with Crippen molar-refractivity contribution in [2.24, 2.45) is 5.14 Å². The summed E-state index contributed by atoms with van der Waals surface area (Å²) in [6.07, 6.45) is -0.756. The van der Waals surface area contributed by atoms with Gasteiger partial charge in [-0.15, -0.1) is 0 Å². The van der Waals surface area contributed by atoms with Gasteiger partial charge in [-0.3, -0.25) is 4.79 Å². The van der Waals surface area contributed by atoms with Crippen molar-refractivity contribution in [1.82, 2.24) is 0 Å². The molecule has 1 atom stereocenters. The molecular weight excluding hydrogens is 352 g/mol. The lowest BCUT2D eigenvalue weighted by Gasteiger charge is -2.20. The summed E-state index contributed by atoms with van der Waals surface area (Å²) in [5, 5.41) is 7.72. The van der Waals surface area contributed by atoms with Crippen LogP contribution in [0.4, 0.5) is 5.69 Å². The van der Waals surface area contributed by atoms with Crippen LogP contribution in [0.2, 0.25) is 0 Å². The van der Waals surface area contributed by atoms with Crippen molar-refractivity contribution < 1.29 is 17.9 Å². The van der Waals surface area contributed by atoms with Crippen LogP contribution in [-0.2, 0) is 20.2 Å². The Labute approximate surface area is 154 Å². The van der Waals surface area contributed by atoms with Crippen molar-refractivity contribution in [2.45, 2.75) is 44.1 Å². The van der Waals surface area contributed by atoms with Crippen LogP contribution in [0.5, 0.6) is 5.75 Å². The molecule has 0 heterocycles. The van der Waals surface area contributed by atoms with Crippen molar-refractivity contribution in [2.75, 3.05) is 5.32 Å². The van der Waals surface area contributed by atoms with Crippen molar-refractivity contribution in [3.63, 3.8) is 0 Å². The highest BCUT2D eigenvalue weighted by atomic mass is 32.2. The van der Waals surface area contributed by atoms with Gasteiger partial charge in [0.25, 0.3) is 5.91 Å². The van der Waals surface area contributed by atoms with Gasteiger partial charge in [-0.25, -0.2) is 13.6 Å². The quantitative estimate of drug-likeness (QED) is 0.838. The lowest BCUT2D eigenvalue weighted by atomic mass is 9.87. The number of hydrogen-bond acceptors (Lipinski definition) is 4. The number of primary sulfonamides is 1. The zero-order chi connectivity index (χ0) is 19.5. The first-order valence-electron chi connectivity index (χ1n) is 8.18. The molecule has 0 fully saturated rings. The molecule has 0 aliphatic heterocycles. The van der Waals surface area contributed by atoms with Crippen molar-refractivity contribution in [1.29, 1.82) is 0 Å². The highest BCUT2D eigenvalue weighted by Gasteiger charge is 2.17. The highest BCUT2D eigenvalue weighted by Crippen LogP contribution is 2.24. The summed E-state index contributed by atoms with van der Waals surface area (Å²) in [5.74, 6) is 0.190. The highest BCUT2D eigenvalue weighted by molar-refractivity contribution is 7.89. The number of nitrogens with two attached hydrogens (primary N) is 1. The Balaban J connectivity index is 2.04. The van der Waals surface area contributed by atoms with E-state index in [-0.39, 0.29) is 10.3 Å². The Morgan fingerprint density at radius 1 is 1.12 bits per heavy atom. The van der Waals surface area contributed by atoms with Gasteiger partial charge in [-0.1, -0.05) is 39.0 Å². The molecule has 6 nitrogen and oxygen atoms in total. The minimum atomic E-state index is -3.83. The molecule has 0 aliphatic rings. The predicted molar refractivity (Wildman–Crippen MR) is 102 cm³/mol. The first kappa shape index (κ1) is 19.9. The van der Waals surface area contributed by atoms with E-state index in [1.807, 2.05) is 24.3 Å². The van der Waals surface area contributed by atoms with Crippen LogP contribution in [0.25, 0.3) is 0 Å². The number of nitrogens with one attached hydrogen (secondary N) is 1. The van der Waals surface area contributed by atoms with Crippen molar-refractivity contribution in [3.05, 3.63) is 54.1 Å². The molecule has 2 rings (SSSR count). The van der Waals surface area contributed by atoms with E-state index in [0.717, 1.165) is 0 Å². The number of ether oxygens (including phenoxy) is 1. The SMILES string of the molecule is C[C@@H](Oc1ccc(C(C)(C)C)cc1)C(=O)Nc1cccc(S(N)(=O)=O)c1. The van der Waals surface area contributed by atoms with Crippen LogP contribution >= 0.6 is 0 Å². The van der Waals surface area contributed by atoms with E-state index >= 15 is 0 Å². The molecule has 140 valence electrons. The second kappa shape index (κ2) is 7.47. The first-order chi connectivity index (χ1) is 12.0. The molecule has 3 N–H and O–H groups in total. The molecule has 2 aromatic carbocycles. The fourth-order valence-corrected chi connectivity index (χ4v) is 2.85. The van der Waals surface area contributed by atoms with Crippen LogP contribution in [0.3, 0.4) is 0 Å². The molecular formula is C19H24N2O4S. The summed E-state index contributed by atoms with van der Waals surface area (Å²) >= 11 is 0. The zero-order valence-corrected chi connectivity index (χ0v) is 16.1. The largest absolute Gasteiger partial charge is 0.481 e. The van der Waals surface area contributed by atoms with Gasteiger partial charge in [0.2, 0.25) is 10.0 Å². The lowest BCUT2D eigenvalue weighted by molar-refractivity contribution is -0.122. The third kappa shape index (κ3) is 5.31. The van der Waals surface area contributed by atoms with Gasteiger partial charge in [0.05, 0.1) is 4.90 Å². The van der Waals surface area contributed by atoms with Gasteiger partial charge in [0.15, 0.2) is 6.10 Å². The normalized spacial score (nSPS) is 13.1. The number of rotatable bonds is 5. The number of carbonyl (C=O) groups is 1. The summed E-state index contributed by atoms with van der Waals surface area (Å²) in [5.41, 5.74) is 1.54. The molecule has 0 aliphatic carbocycles. The number of anilines is 1. The summed E-state index contributed by atoms with van der Waals surface area (Å²) in [6.45, 7) is 7.98. The first-order valence-corrected chi connectivity index (χ1v) is 9.72. The second-order valence-electron chi connectivity index (χ2n) is 7.10. The van der Waals surface area contributed by atoms with Gasteiger partial charge in [0, 0.05) is 5.69 Å². The fraction of sp³-hybridized carbons (Fsp3) is 0.316. The fourth-order valence-electron chi connectivity index (χ4n) is 2.29. The zero-order valence-electron chi connectivity index (χ0n) is 15.3. The number of hydrogen-bond donors (Lipinski definition) is 2. The molecule has 1 amide bonds. The van der Waals surface area contributed by atoms with E-state index in [4.69, 9.17) is 9.88 Å². The summed E-state index contributed by atoms with van der Waals surface area (Å²) in [7, 11) is -3.83. The van der Waals surface area contributed by atoms with Gasteiger partial charge in [-0.2, -0.15) is 0 Å². The number of benzene rings is 2. The van der Waals surface area contributed by atoms with Gasteiger partial charge in [0.1, 0.15) is 5.75 Å². The molecule has 0 bridgehead atoms. The van der Waals surface area contributed by atoms with Gasteiger partial charge >= 0.3 is 0 Å². The second-order valence-corrected chi connectivity index (χ2v) is 8.66. The Kier molecular flexibility index (Phi) is 5.73. The molecule has 7 heteroatoms. The van der Waals surface area contributed by atoms with E-state index in [0.29, 0.717) is 11.4 Å². The smallest absolute Gasteiger partial charge is 0.265 e. The number of amides is 1. The van der Waals surface area contributed by atoms with E-state index in [2.05, 4.69) is 26.1 Å². The lowest BCUT2D eigenvalue weighted by Crippen LogP contribution is -2.30. The maximum Gasteiger partial charge on any atom is 0.265 e. The average molecular weight is 376 g/mol. The topological polar surface area (TPSA) is 98.5 Å². The maximum atomic E-state index is 12.3. The minimum Gasteiger partial charge on any atom is -0.481 e. The van der Waals surface area contributed by atoms with Gasteiger partial charge in [-0.05, 0) is 48.2 Å². The molecule has 0 saturated carbocycles. The van der Waals surface area contributed by atoms with Crippen molar-refractivity contribution >= 4 is 21.6 Å².